The first-order valence-electron chi connectivity index (χ1n) is 8.48. The third kappa shape index (κ3) is 4.49. The van der Waals surface area contributed by atoms with Crippen LogP contribution in [0.2, 0.25) is 0 Å². The van der Waals surface area contributed by atoms with Crippen molar-refractivity contribution in [1.82, 2.24) is 5.32 Å². The molecule has 1 amide bonds. The number of pyridine rings is 1. The van der Waals surface area contributed by atoms with Gasteiger partial charge in [-0.3, -0.25) is 9.63 Å². The number of hydrogen-bond acceptors (Lipinski definition) is 2. The Morgan fingerprint density at radius 1 is 1.00 bits per heavy atom. The summed E-state index contributed by atoms with van der Waals surface area (Å²) in [5, 5.41) is 2.78. The van der Waals surface area contributed by atoms with E-state index in [0.717, 1.165) is 17.8 Å². The summed E-state index contributed by atoms with van der Waals surface area (Å²) < 4.78 is 40.3. The standard InChI is InChI=1S/C21H17F3N2O2/c1-28-26-11-3-2-10-19(26)14-25-20(27)17-8-4-6-15(12-17)16-7-5-9-18(13-16)21(22,23)24/h2-13H,14H2,1H3/p+1. The van der Waals surface area contributed by atoms with Crippen LogP contribution >= 0.6 is 0 Å². The molecule has 0 aliphatic heterocycles. The maximum Gasteiger partial charge on any atom is 0.416 e. The van der Waals surface area contributed by atoms with Gasteiger partial charge >= 0.3 is 6.18 Å². The van der Waals surface area contributed by atoms with Crippen LogP contribution in [0.3, 0.4) is 0 Å². The molecule has 1 aromatic heterocycles. The molecule has 0 aliphatic rings. The lowest BCUT2D eigenvalue weighted by Gasteiger charge is -2.10. The number of aromatic nitrogens is 1. The predicted octanol–water partition coefficient (Wildman–Crippen LogP) is 3.65. The summed E-state index contributed by atoms with van der Waals surface area (Å²) in [7, 11) is 1.52. The van der Waals surface area contributed by atoms with Crippen molar-refractivity contribution in [3.8, 4) is 11.1 Å². The fourth-order valence-electron chi connectivity index (χ4n) is 2.77. The molecule has 0 fully saturated rings. The molecule has 0 aliphatic carbocycles. The second kappa shape index (κ2) is 8.12. The predicted molar refractivity (Wildman–Crippen MR) is 97.2 cm³/mol. The summed E-state index contributed by atoms with van der Waals surface area (Å²) in [6.07, 6.45) is -2.70. The summed E-state index contributed by atoms with van der Waals surface area (Å²) in [6.45, 7) is 0.237. The van der Waals surface area contributed by atoms with E-state index in [1.807, 2.05) is 12.1 Å². The Morgan fingerprint density at radius 3 is 2.43 bits per heavy atom. The van der Waals surface area contributed by atoms with Gasteiger partial charge in [-0.15, -0.1) is 0 Å². The van der Waals surface area contributed by atoms with Gasteiger partial charge in [-0.2, -0.15) is 13.2 Å². The fourth-order valence-corrected chi connectivity index (χ4v) is 2.77. The highest BCUT2D eigenvalue weighted by Crippen LogP contribution is 2.32. The van der Waals surface area contributed by atoms with Crippen molar-refractivity contribution in [2.75, 3.05) is 7.11 Å². The van der Waals surface area contributed by atoms with Gasteiger partial charge in [0.1, 0.15) is 13.7 Å². The lowest BCUT2D eigenvalue weighted by Crippen LogP contribution is -2.45. The first-order valence-corrected chi connectivity index (χ1v) is 8.48. The number of amides is 1. The number of hydrogen-bond donors (Lipinski definition) is 1. The van der Waals surface area contributed by atoms with Gasteiger partial charge in [-0.05, 0) is 41.5 Å². The van der Waals surface area contributed by atoms with Crippen LogP contribution in [0.5, 0.6) is 0 Å². The fraction of sp³-hybridized carbons (Fsp3) is 0.143. The molecule has 4 nitrogen and oxygen atoms in total. The molecule has 0 bridgehead atoms. The monoisotopic (exact) mass is 387 g/mol. The first-order chi connectivity index (χ1) is 13.4. The quantitative estimate of drug-likeness (QED) is 0.679. The highest BCUT2D eigenvalue weighted by molar-refractivity contribution is 5.95. The van der Waals surface area contributed by atoms with Crippen LogP contribution < -0.4 is 14.9 Å². The number of rotatable bonds is 5. The van der Waals surface area contributed by atoms with E-state index in [0.29, 0.717) is 16.7 Å². The SMILES string of the molecule is CO[n+]1ccccc1CNC(=O)c1cccc(-c2cccc(C(F)(F)F)c2)c1. The molecule has 3 aromatic rings. The zero-order valence-corrected chi connectivity index (χ0v) is 15.0. The van der Waals surface area contributed by atoms with Gasteiger partial charge in [0.15, 0.2) is 0 Å². The van der Waals surface area contributed by atoms with Crippen LogP contribution in [0.25, 0.3) is 11.1 Å². The van der Waals surface area contributed by atoms with Crippen LogP contribution in [-0.2, 0) is 12.7 Å². The van der Waals surface area contributed by atoms with Crippen LogP contribution in [0.15, 0.2) is 72.9 Å². The second-order valence-corrected chi connectivity index (χ2v) is 6.04. The lowest BCUT2D eigenvalue weighted by atomic mass is 10.0. The molecule has 0 spiro atoms. The zero-order valence-electron chi connectivity index (χ0n) is 15.0. The number of carbonyl (C=O) groups is 1. The van der Waals surface area contributed by atoms with E-state index < -0.39 is 11.7 Å². The number of carbonyl (C=O) groups excluding carboxylic acids is 1. The van der Waals surface area contributed by atoms with Crippen molar-refractivity contribution < 1.29 is 27.5 Å². The molecule has 2 aromatic carbocycles. The average molecular weight is 387 g/mol. The first kappa shape index (κ1) is 19.4. The van der Waals surface area contributed by atoms with E-state index in [1.165, 1.54) is 17.9 Å². The van der Waals surface area contributed by atoms with Gasteiger partial charge in [0.25, 0.3) is 11.6 Å². The Labute approximate surface area is 160 Å². The molecule has 144 valence electrons. The van der Waals surface area contributed by atoms with Crippen LogP contribution in [0.1, 0.15) is 21.6 Å². The summed E-state index contributed by atoms with van der Waals surface area (Å²) in [5.74, 6) is -0.333. The lowest BCUT2D eigenvalue weighted by molar-refractivity contribution is -0.890. The topological polar surface area (TPSA) is 42.2 Å². The van der Waals surface area contributed by atoms with E-state index in [-0.39, 0.29) is 12.5 Å². The van der Waals surface area contributed by atoms with E-state index in [4.69, 9.17) is 4.84 Å². The molecule has 3 rings (SSSR count). The molecule has 1 N–H and O–H groups in total. The van der Waals surface area contributed by atoms with E-state index in [9.17, 15) is 18.0 Å². The Hall–Kier alpha value is -3.35. The van der Waals surface area contributed by atoms with Crippen molar-refractivity contribution in [3.05, 3.63) is 89.7 Å². The van der Waals surface area contributed by atoms with Crippen molar-refractivity contribution in [3.63, 3.8) is 0 Å². The smallest absolute Gasteiger partial charge is 0.342 e. The molecule has 0 saturated heterocycles. The van der Waals surface area contributed by atoms with E-state index in [2.05, 4.69) is 5.32 Å². The molecule has 0 atom stereocenters. The number of benzene rings is 2. The zero-order chi connectivity index (χ0) is 20.1. The Kier molecular flexibility index (Phi) is 5.63. The highest BCUT2D eigenvalue weighted by atomic mass is 19.4. The van der Waals surface area contributed by atoms with Gasteiger partial charge in [-0.1, -0.05) is 24.3 Å². The van der Waals surface area contributed by atoms with E-state index >= 15 is 0 Å². The second-order valence-electron chi connectivity index (χ2n) is 6.04. The molecule has 1 heterocycles. The Morgan fingerprint density at radius 2 is 1.71 bits per heavy atom. The minimum Gasteiger partial charge on any atom is -0.342 e. The number of nitrogens with one attached hydrogen (secondary N) is 1. The molecule has 7 heteroatoms. The minimum absolute atomic E-state index is 0.237. The molecule has 0 radical (unpaired) electrons. The Balaban J connectivity index is 1.79. The van der Waals surface area contributed by atoms with E-state index in [1.54, 1.807) is 42.6 Å². The molecular weight excluding hydrogens is 369 g/mol. The minimum atomic E-state index is -4.42. The van der Waals surface area contributed by atoms with Crippen molar-refractivity contribution >= 4 is 5.91 Å². The number of nitrogens with zero attached hydrogens (tertiary/aromatic N) is 1. The maximum atomic E-state index is 12.9. The normalized spacial score (nSPS) is 11.1. The van der Waals surface area contributed by atoms with Crippen LogP contribution in [0.4, 0.5) is 13.2 Å². The van der Waals surface area contributed by atoms with Crippen LogP contribution in [0, 0.1) is 0 Å². The van der Waals surface area contributed by atoms with Gasteiger partial charge in [0, 0.05) is 22.4 Å². The third-order valence-electron chi connectivity index (χ3n) is 4.18. The van der Waals surface area contributed by atoms with Gasteiger partial charge in [0.05, 0.1) is 5.56 Å². The summed E-state index contributed by atoms with van der Waals surface area (Å²) in [5.41, 5.74) is 1.30. The van der Waals surface area contributed by atoms with Crippen LogP contribution in [-0.4, -0.2) is 13.0 Å². The summed E-state index contributed by atoms with van der Waals surface area (Å²) in [6, 6.07) is 16.9. The number of halogens is 3. The molecule has 0 unspecified atom stereocenters. The highest BCUT2D eigenvalue weighted by Gasteiger charge is 2.30. The van der Waals surface area contributed by atoms with Gasteiger partial charge in [-0.25, -0.2) is 0 Å². The Bertz CT molecular complexity index is 987. The van der Waals surface area contributed by atoms with Crippen molar-refractivity contribution in [2.24, 2.45) is 0 Å². The maximum absolute atomic E-state index is 12.9. The van der Waals surface area contributed by atoms with Gasteiger partial charge < -0.3 is 5.32 Å². The molecular formula is C21H18F3N2O2+. The largest absolute Gasteiger partial charge is 0.416 e. The summed E-state index contributed by atoms with van der Waals surface area (Å²) in [4.78, 5) is 17.7. The molecule has 0 saturated carbocycles. The molecule has 28 heavy (non-hydrogen) atoms. The number of alkyl halides is 3. The third-order valence-corrected chi connectivity index (χ3v) is 4.18. The van der Waals surface area contributed by atoms with Crippen molar-refractivity contribution in [1.29, 1.82) is 0 Å². The average Bonchev–Trinajstić information content (AvgIpc) is 2.71. The van der Waals surface area contributed by atoms with Gasteiger partial charge in [0.2, 0.25) is 6.20 Å². The summed E-state index contributed by atoms with van der Waals surface area (Å²) >= 11 is 0. The van der Waals surface area contributed by atoms with Crippen molar-refractivity contribution in [2.45, 2.75) is 12.7 Å².